The summed E-state index contributed by atoms with van der Waals surface area (Å²) in [7, 11) is 0. The van der Waals surface area contributed by atoms with E-state index in [1.165, 1.54) is 25.7 Å². The fraction of sp³-hybridized carbons (Fsp3) is 0.778. The van der Waals surface area contributed by atoms with Gasteiger partial charge in [-0.15, -0.1) is 0 Å². The van der Waals surface area contributed by atoms with Crippen molar-refractivity contribution >= 4 is 5.91 Å². The first-order valence-electron chi connectivity index (χ1n) is 9.40. The molecule has 1 aromatic rings. The predicted molar refractivity (Wildman–Crippen MR) is 90.8 cm³/mol. The van der Waals surface area contributed by atoms with Crippen molar-refractivity contribution in [3.8, 4) is 0 Å². The number of carbonyl (C=O) groups is 1. The molecule has 0 unspecified atom stereocenters. The van der Waals surface area contributed by atoms with Gasteiger partial charge in [-0.05, 0) is 38.3 Å². The zero-order valence-electron chi connectivity index (χ0n) is 14.4. The lowest BCUT2D eigenvalue weighted by Crippen LogP contribution is -2.53. The minimum atomic E-state index is -0.0586. The topological polar surface area (TPSA) is 59.4 Å². The van der Waals surface area contributed by atoms with Crippen LogP contribution in [0.15, 0.2) is 12.3 Å². The molecule has 2 saturated heterocycles. The Kier molecular flexibility index (Phi) is 4.59. The second-order valence-corrected chi connectivity index (χ2v) is 7.54. The van der Waals surface area contributed by atoms with E-state index in [-0.39, 0.29) is 11.5 Å². The fourth-order valence-corrected chi connectivity index (χ4v) is 4.41. The molecule has 0 bridgehead atoms. The molecule has 1 aliphatic carbocycles. The number of piperidine rings is 1. The lowest BCUT2D eigenvalue weighted by atomic mass is 9.97. The van der Waals surface area contributed by atoms with E-state index in [4.69, 9.17) is 4.74 Å². The van der Waals surface area contributed by atoms with E-state index in [0.29, 0.717) is 25.6 Å². The van der Waals surface area contributed by atoms with Crippen molar-refractivity contribution < 1.29 is 9.53 Å². The summed E-state index contributed by atoms with van der Waals surface area (Å²) in [4.78, 5) is 14.7. The van der Waals surface area contributed by atoms with Crippen molar-refractivity contribution in [1.29, 1.82) is 0 Å². The average Bonchev–Trinajstić information content (AvgIpc) is 3.26. The van der Waals surface area contributed by atoms with Gasteiger partial charge in [0.1, 0.15) is 6.54 Å². The number of nitrogens with zero attached hydrogens (tertiary/aromatic N) is 3. The Morgan fingerprint density at radius 2 is 2.25 bits per heavy atom. The van der Waals surface area contributed by atoms with Gasteiger partial charge in [0.25, 0.3) is 0 Å². The molecule has 2 aliphatic heterocycles. The van der Waals surface area contributed by atoms with Crippen LogP contribution in [0.2, 0.25) is 0 Å². The largest absolute Gasteiger partial charge is 0.371 e. The molecule has 1 spiro atoms. The van der Waals surface area contributed by atoms with Gasteiger partial charge in [0, 0.05) is 31.7 Å². The molecule has 1 N–H and O–H groups in total. The summed E-state index contributed by atoms with van der Waals surface area (Å²) in [6, 6.07) is 2.07. The van der Waals surface area contributed by atoms with Crippen LogP contribution < -0.4 is 5.32 Å². The highest BCUT2D eigenvalue weighted by molar-refractivity contribution is 5.76. The van der Waals surface area contributed by atoms with Crippen molar-refractivity contribution in [2.24, 2.45) is 0 Å². The van der Waals surface area contributed by atoms with E-state index in [1.807, 2.05) is 15.8 Å². The van der Waals surface area contributed by atoms with Gasteiger partial charge in [-0.2, -0.15) is 5.10 Å². The number of aromatic nitrogens is 2. The van der Waals surface area contributed by atoms with Gasteiger partial charge in [-0.1, -0.05) is 12.8 Å². The summed E-state index contributed by atoms with van der Waals surface area (Å²) in [5.74, 6) is 0.654. The average molecular weight is 332 g/mol. The number of hydrogen-bond donors (Lipinski definition) is 1. The summed E-state index contributed by atoms with van der Waals surface area (Å²) >= 11 is 0. The highest BCUT2D eigenvalue weighted by Crippen LogP contribution is 2.35. The highest BCUT2D eigenvalue weighted by Gasteiger charge is 2.40. The van der Waals surface area contributed by atoms with E-state index in [1.54, 1.807) is 0 Å². The normalized spacial score (nSPS) is 26.8. The summed E-state index contributed by atoms with van der Waals surface area (Å²) in [6.07, 6.45) is 8.97. The van der Waals surface area contributed by atoms with Crippen LogP contribution in [0.1, 0.15) is 50.1 Å². The van der Waals surface area contributed by atoms with E-state index in [0.717, 1.165) is 38.2 Å². The third-order valence-corrected chi connectivity index (χ3v) is 5.79. The Hall–Kier alpha value is -1.40. The maximum Gasteiger partial charge on any atom is 0.244 e. The second kappa shape index (κ2) is 6.84. The van der Waals surface area contributed by atoms with Gasteiger partial charge in [-0.3, -0.25) is 9.48 Å². The summed E-state index contributed by atoms with van der Waals surface area (Å²) in [5, 5.41) is 8.08. The van der Waals surface area contributed by atoms with Crippen molar-refractivity contribution in [2.45, 2.75) is 56.6 Å². The monoisotopic (exact) mass is 332 g/mol. The van der Waals surface area contributed by atoms with Crippen LogP contribution in [0.25, 0.3) is 0 Å². The molecule has 3 aliphatic rings. The Bertz CT molecular complexity index is 573. The zero-order valence-corrected chi connectivity index (χ0v) is 14.4. The molecule has 24 heavy (non-hydrogen) atoms. The number of morpholine rings is 1. The Balaban J connectivity index is 1.36. The molecular weight excluding hydrogens is 304 g/mol. The van der Waals surface area contributed by atoms with Crippen LogP contribution in [0.4, 0.5) is 0 Å². The second-order valence-electron chi connectivity index (χ2n) is 7.54. The zero-order chi connectivity index (χ0) is 16.4. The van der Waals surface area contributed by atoms with Crippen molar-refractivity contribution in [1.82, 2.24) is 20.0 Å². The predicted octanol–water partition coefficient (Wildman–Crippen LogP) is 1.52. The summed E-state index contributed by atoms with van der Waals surface area (Å²) in [6.45, 7) is 4.58. The number of nitrogens with one attached hydrogen (secondary N) is 1. The van der Waals surface area contributed by atoms with Crippen LogP contribution in [0.5, 0.6) is 0 Å². The lowest BCUT2D eigenvalue weighted by molar-refractivity contribution is -0.150. The maximum absolute atomic E-state index is 12.7. The molecule has 1 saturated carbocycles. The quantitative estimate of drug-likeness (QED) is 0.912. The van der Waals surface area contributed by atoms with E-state index in [2.05, 4.69) is 16.5 Å². The SMILES string of the molecule is O=C(Cn1ccc([C@@H]2CCCNC2)n1)N1CCOC2(CCCC2)C1. The van der Waals surface area contributed by atoms with Crippen LogP contribution in [0.3, 0.4) is 0 Å². The molecule has 1 aromatic heterocycles. The van der Waals surface area contributed by atoms with E-state index in [9.17, 15) is 4.79 Å². The molecule has 4 rings (SSSR count). The van der Waals surface area contributed by atoms with Crippen LogP contribution in [-0.2, 0) is 16.1 Å². The van der Waals surface area contributed by atoms with Gasteiger partial charge in [-0.25, -0.2) is 0 Å². The Labute approximate surface area is 143 Å². The van der Waals surface area contributed by atoms with Crippen molar-refractivity contribution in [3.05, 3.63) is 18.0 Å². The molecule has 132 valence electrons. The van der Waals surface area contributed by atoms with Crippen LogP contribution in [-0.4, -0.2) is 59.0 Å². The fourth-order valence-electron chi connectivity index (χ4n) is 4.41. The smallest absolute Gasteiger partial charge is 0.244 e. The number of ether oxygens (including phenoxy) is 1. The first kappa shape index (κ1) is 16.1. The standard InChI is InChI=1S/C18H28N4O2/c23-17(21-10-11-24-18(14-21)6-1-2-7-18)13-22-9-5-16(20-22)15-4-3-8-19-12-15/h5,9,15,19H,1-4,6-8,10-14H2/t15-/m1/s1. The molecule has 0 aromatic carbocycles. The van der Waals surface area contributed by atoms with Crippen molar-refractivity contribution in [3.63, 3.8) is 0 Å². The van der Waals surface area contributed by atoms with Gasteiger partial charge in [0.2, 0.25) is 5.91 Å². The Morgan fingerprint density at radius 1 is 1.38 bits per heavy atom. The van der Waals surface area contributed by atoms with Gasteiger partial charge < -0.3 is 15.0 Å². The Morgan fingerprint density at radius 3 is 3.04 bits per heavy atom. The molecule has 0 radical (unpaired) electrons. The number of amides is 1. The maximum atomic E-state index is 12.7. The number of rotatable bonds is 3. The summed E-state index contributed by atoms with van der Waals surface area (Å²) in [5.41, 5.74) is 1.06. The first-order valence-corrected chi connectivity index (χ1v) is 9.40. The third kappa shape index (κ3) is 3.35. The lowest BCUT2D eigenvalue weighted by Gasteiger charge is -2.40. The van der Waals surface area contributed by atoms with Crippen LogP contribution >= 0.6 is 0 Å². The number of hydrogen-bond acceptors (Lipinski definition) is 4. The highest BCUT2D eigenvalue weighted by atomic mass is 16.5. The van der Waals surface area contributed by atoms with Gasteiger partial charge in [0.05, 0.1) is 17.9 Å². The number of carbonyl (C=O) groups excluding carboxylic acids is 1. The van der Waals surface area contributed by atoms with Crippen LogP contribution in [0, 0.1) is 0 Å². The van der Waals surface area contributed by atoms with Crippen molar-refractivity contribution in [2.75, 3.05) is 32.8 Å². The van der Waals surface area contributed by atoms with Gasteiger partial charge in [0.15, 0.2) is 0 Å². The summed E-state index contributed by atoms with van der Waals surface area (Å²) < 4.78 is 7.83. The minimum absolute atomic E-state index is 0.0586. The molecule has 3 heterocycles. The van der Waals surface area contributed by atoms with E-state index >= 15 is 0 Å². The minimum Gasteiger partial charge on any atom is -0.371 e. The molecule has 1 atom stereocenters. The molecule has 1 amide bonds. The van der Waals surface area contributed by atoms with Gasteiger partial charge >= 0.3 is 0 Å². The molecular formula is C18H28N4O2. The molecule has 6 nitrogen and oxygen atoms in total. The van der Waals surface area contributed by atoms with E-state index < -0.39 is 0 Å². The third-order valence-electron chi connectivity index (χ3n) is 5.79. The first-order chi connectivity index (χ1) is 11.7. The molecule has 3 fully saturated rings. The molecule has 6 heteroatoms.